The van der Waals surface area contributed by atoms with Crippen LogP contribution in [0.25, 0.3) is 0 Å². The van der Waals surface area contributed by atoms with E-state index in [-0.39, 0.29) is 18.3 Å². The molecule has 0 saturated heterocycles. The fourth-order valence-electron chi connectivity index (χ4n) is 1.39. The highest BCUT2D eigenvalue weighted by Crippen LogP contribution is 2.21. The minimum atomic E-state index is -0.539. The van der Waals surface area contributed by atoms with E-state index in [0.29, 0.717) is 12.1 Å². The van der Waals surface area contributed by atoms with Crippen molar-refractivity contribution in [3.05, 3.63) is 24.0 Å². The Kier molecular flexibility index (Phi) is 4.90. The normalized spacial score (nSPS) is 12.0. The lowest BCUT2D eigenvalue weighted by atomic mass is 10.1. The molecule has 94 valence electrons. The summed E-state index contributed by atoms with van der Waals surface area (Å²) in [4.78, 5) is 11.6. The molecule has 1 aromatic rings. The van der Waals surface area contributed by atoms with Crippen LogP contribution in [-0.2, 0) is 4.79 Å². The van der Waals surface area contributed by atoms with Gasteiger partial charge in [-0.15, -0.1) is 0 Å². The fourth-order valence-corrected chi connectivity index (χ4v) is 1.39. The summed E-state index contributed by atoms with van der Waals surface area (Å²) in [7, 11) is 1.37. The van der Waals surface area contributed by atoms with E-state index in [9.17, 15) is 9.18 Å². The van der Waals surface area contributed by atoms with Gasteiger partial charge in [0.1, 0.15) is 0 Å². The Hall–Kier alpha value is -1.62. The number of hydrogen-bond acceptors (Lipinski definition) is 3. The maximum Gasteiger partial charge on any atom is 0.229 e. The lowest BCUT2D eigenvalue weighted by Crippen LogP contribution is -2.25. The maximum atomic E-state index is 13.3. The molecule has 0 aliphatic heterocycles. The number of nitrogens with one attached hydrogen (secondary N) is 1. The van der Waals surface area contributed by atoms with Crippen LogP contribution in [0.1, 0.15) is 13.3 Å². The first-order valence-corrected chi connectivity index (χ1v) is 5.37. The van der Waals surface area contributed by atoms with Crippen LogP contribution in [0.4, 0.5) is 10.1 Å². The third-order valence-electron chi connectivity index (χ3n) is 2.50. The Labute approximate surface area is 99.4 Å². The van der Waals surface area contributed by atoms with E-state index in [1.165, 1.54) is 19.2 Å². The van der Waals surface area contributed by atoms with Crippen molar-refractivity contribution in [3.8, 4) is 5.75 Å². The number of carbonyl (C=O) groups is 1. The number of anilines is 1. The second-order valence-electron chi connectivity index (χ2n) is 3.63. The van der Waals surface area contributed by atoms with Crippen LogP contribution in [0.2, 0.25) is 0 Å². The van der Waals surface area contributed by atoms with Gasteiger partial charge in [-0.1, -0.05) is 6.92 Å². The van der Waals surface area contributed by atoms with E-state index in [2.05, 4.69) is 5.32 Å². The molecule has 17 heavy (non-hydrogen) atoms. The number of aliphatic hydroxyl groups excluding tert-OH is 1. The van der Waals surface area contributed by atoms with Crippen LogP contribution >= 0.6 is 0 Å². The van der Waals surface area contributed by atoms with E-state index in [1.54, 1.807) is 13.0 Å². The Balaban J connectivity index is 2.75. The molecule has 0 aliphatic carbocycles. The van der Waals surface area contributed by atoms with Gasteiger partial charge in [-0.05, 0) is 18.6 Å². The highest BCUT2D eigenvalue weighted by Gasteiger charge is 2.15. The quantitative estimate of drug-likeness (QED) is 0.826. The van der Waals surface area contributed by atoms with Crippen molar-refractivity contribution >= 4 is 11.6 Å². The van der Waals surface area contributed by atoms with Crippen molar-refractivity contribution in [2.24, 2.45) is 5.92 Å². The summed E-state index contributed by atoms with van der Waals surface area (Å²) >= 11 is 0. The highest BCUT2D eigenvalue weighted by atomic mass is 19.1. The Bertz CT molecular complexity index is 391. The summed E-state index contributed by atoms with van der Waals surface area (Å²) in [5, 5.41) is 11.5. The van der Waals surface area contributed by atoms with Crippen molar-refractivity contribution in [1.82, 2.24) is 0 Å². The average molecular weight is 241 g/mol. The van der Waals surface area contributed by atoms with Crippen LogP contribution in [0.15, 0.2) is 18.2 Å². The second-order valence-corrected chi connectivity index (χ2v) is 3.63. The number of methoxy groups -OCH3 is 1. The van der Waals surface area contributed by atoms with Gasteiger partial charge in [0.2, 0.25) is 5.91 Å². The molecular formula is C12H16FNO3. The molecule has 2 N–H and O–H groups in total. The minimum Gasteiger partial charge on any atom is -0.494 e. The summed E-state index contributed by atoms with van der Waals surface area (Å²) in [6, 6.07) is 4.16. The second kappa shape index (κ2) is 6.20. The topological polar surface area (TPSA) is 58.6 Å². The first-order valence-electron chi connectivity index (χ1n) is 5.37. The molecule has 0 saturated carbocycles. The van der Waals surface area contributed by atoms with Gasteiger partial charge in [0.25, 0.3) is 0 Å². The van der Waals surface area contributed by atoms with Crippen molar-refractivity contribution in [3.63, 3.8) is 0 Å². The monoisotopic (exact) mass is 241 g/mol. The van der Waals surface area contributed by atoms with Gasteiger partial charge in [-0.2, -0.15) is 0 Å². The summed E-state index contributed by atoms with van der Waals surface area (Å²) in [6.07, 6.45) is 0.529. The molecule has 1 amide bonds. The number of benzene rings is 1. The van der Waals surface area contributed by atoms with Gasteiger partial charge in [0.15, 0.2) is 11.6 Å². The molecule has 0 spiro atoms. The lowest BCUT2D eigenvalue weighted by molar-refractivity contribution is -0.121. The fraction of sp³-hybridized carbons (Fsp3) is 0.417. The molecule has 4 nitrogen and oxygen atoms in total. The van der Waals surface area contributed by atoms with Crippen molar-refractivity contribution in [1.29, 1.82) is 0 Å². The summed E-state index contributed by atoms with van der Waals surface area (Å²) in [5.74, 6) is -1.21. The van der Waals surface area contributed by atoms with Gasteiger partial charge in [0.05, 0.1) is 19.6 Å². The first-order chi connectivity index (χ1) is 8.12. The van der Waals surface area contributed by atoms with Crippen LogP contribution in [0.5, 0.6) is 5.75 Å². The minimum absolute atomic E-state index is 0.122. The molecule has 0 aromatic heterocycles. The van der Waals surface area contributed by atoms with E-state index >= 15 is 0 Å². The molecule has 1 atom stereocenters. The van der Waals surface area contributed by atoms with Gasteiger partial charge < -0.3 is 15.2 Å². The smallest absolute Gasteiger partial charge is 0.229 e. The SMILES string of the molecule is CCC(CO)C(=O)Nc1ccc(OC)c(F)c1. The number of ether oxygens (including phenoxy) is 1. The number of carbonyl (C=O) groups excluding carboxylic acids is 1. The third-order valence-corrected chi connectivity index (χ3v) is 2.50. The summed E-state index contributed by atoms with van der Waals surface area (Å²) in [6.45, 7) is 1.58. The van der Waals surface area contributed by atoms with Gasteiger partial charge in [0, 0.05) is 11.8 Å². The van der Waals surface area contributed by atoms with Crippen LogP contribution in [0.3, 0.4) is 0 Å². The van der Waals surface area contributed by atoms with Gasteiger partial charge in [-0.25, -0.2) is 4.39 Å². The van der Waals surface area contributed by atoms with Crippen LogP contribution in [-0.4, -0.2) is 24.7 Å². The van der Waals surface area contributed by atoms with E-state index in [4.69, 9.17) is 9.84 Å². The third kappa shape index (κ3) is 3.42. The van der Waals surface area contributed by atoms with Crippen LogP contribution in [0, 0.1) is 11.7 Å². The molecular weight excluding hydrogens is 225 g/mol. The number of amides is 1. The van der Waals surface area contributed by atoms with Crippen molar-refractivity contribution in [2.75, 3.05) is 19.0 Å². The molecule has 0 bridgehead atoms. The number of hydrogen-bond donors (Lipinski definition) is 2. The number of halogens is 1. The van der Waals surface area contributed by atoms with Crippen molar-refractivity contribution in [2.45, 2.75) is 13.3 Å². The molecule has 5 heteroatoms. The molecule has 0 radical (unpaired) electrons. The number of aliphatic hydroxyl groups is 1. The lowest BCUT2D eigenvalue weighted by Gasteiger charge is -2.12. The maximum absolute atomic E-state index is 13.3. The summed E-state index contributed by atoms with van der Waals surface area (Å²) < 4.78 is 18.1. The Morgan fingerprint density at radius 2 is 2.29 bits per heavy atom. The van der Waals surface area contributed by atoms with Crippen molar-refractivity contribution < 1.29 is 19.0 Å². The van der Waals surface area contributed by atoms with Crippen LogP contribution < -0.4 is 10.1 Å². The average Bonchev–Trinajstić information content (AvgIpc) is 2.31. The molecule has 0 heterocycles. The summed E-state index contributed by atoms with van der Waals surface area (Å²) in [5.41, 5.74) is 0.347. The Morgan fingerprint density at radius 1 is 1.59 bits per heavy atom. The largest absolute Gasteiger partial charge is 0.494 e. The molecule has 1 aromatic carbocycles. The molecule has 0 aliphatic rings. The zero-order valence-electron chi connectivity index (χ0n) is 9.87. The van der Waals surface area contributed by atoms with Gasteiger partial charge in [-0.3, -0.25) is 4.79 Å². The number of rotatable bonds is 5. The van der Waals surface area contributed by atoms with Gasteiger partial charge >= 0.3 is 0 Å². The molecule has 1 rings (SSSR count). The molecule has 1 unspecified atom stereocenters. The van der Waals surface area contributed by atoms with E-state index in [1.807, 2.05) is 0 Å². The predicted octanol–water partition coefficient (Wildman–Crippen LogP) is 1.79. The first kappa shape index (κ1) is 13.4. The molecule has 0 fully saturated rings. The standard InChI is InChI=1S/C12H16FNO3/c1-3-8(7-15)12(16)14-9-4-5-11(17-2)10(13)6-9/h4-6,8,15H,3,7H2,1-2H3,(H,14,16). The highest BCUT2D eigenvalue weighted by molar-refractivity contribution is 5.92. The zero-order valence-corrected chi connectivity index (χ0v) is 9.87. The van der Waals surface area contributed by atoms with E-state index < -0.39 is 11.7 Å². The predicted molar refractivity (Wildman–Crippen MR) is 62.4 cm³/mol. The zero-order chi connectivity index (χ0) is 12.8. The van der Waals surface area contributed by atoms with E-state index in [0.717, 1.165) is 0 Å². The Morgan fingerprint density at radius 3 is 2.76 bits per heavy atom.